The van der Waals surface area contributed by atoms with Gasteiger partial charge in [-0.2, -0.15) is 5.10 Å². The van der Waals surface area contributed by atoms with E-state index < -0.39 is 23.6 Å². The van der Waals surface area contributed by atoms with Crippen molar-refractivity contribution in [3.63, 3.8) is 0 Å². The molecule has 0 saturated heterocycles. The van der Waals surface area contributed by atoms with Gasteiger partial charge in [0.05, 0.1) is 11.4 Å². The van der Waals surface area contributed by atoms with Crippen LogP contribution in [0.2, 0.25) is 0 Å². The summed E-state index contributed by atoms with van der Waals surface area (Å²) in [7, 11) is 0. The van der Waals surface area contributed by atoms with Crippen molar-refractivity contribution >= 4 is 17.6 Å². The highest BCUT2D eigenvalue weighted by Crippen LogP contribution is 2.24. The molecule has 7 nitrogen and oxygen atoms in total. The number of para-hydroxylation sites is 1. The summed E-state index contributed by atoms with van der Waals surface area (Å²) in [5.41, 5.74) is 7.45. The molecule has 3 aromatic rings. The van der Waals surface area contributed by atoms with E-state index in [0.717, 1.165) is 11.3 Å². The molecule has 3 rings (SSSR count). The first-order valence-electron chi connectivity index (χ1n) is 10.0. The van der Waals surface area contributed by atoms with Crippen molar-refractivity contribution in [2.45, 2.75) is 38.6 Å². The van der Waals surface area contributed by atoms with Crippen molar-refractivity contribution < 1.29 is 14.4 Å². The Kier molecular flexibility index (Phi) is 6.34. The van der Waals surface area contributed by atoms with Gasteiger partial charge in [-0.05, 0) is 23.8 Å². The second-order valence-electron chi connectivity index (χ2n) is 8.36. The molecule has 1 atom stereocenters. The van der Waals surface area contributed by atoms with E-state index in [2.05, 4.69) is 10.4 Å². The van der Waals surface area contributed by atoms with Crippen LogP contribution >= 0.6 is 0 Å². The molecule has 1 aromatic heterocycles. The highest BCUT2D eigenvalue weighted by atomic mass is 16.2. The molecule has 2 aromatic carbocycles. The topological polar surface area (TPSA) is 107 Å². The molecule has 0 aliphatic rings. The van der Waals surface area contributed by atoms with E-state index >= 15 is 0 Å². The Hall–Kier alpha value is -3.74. The second kappa shape index (κ2) is 8.95. The summed E-state index contributed by atoms with van der Waals surface area (Å²) in [6.07, 6.45) is 0.153. The van der Waals surface area contributed by atoms with Crippen LogP contribution in [-0.4, -0.2) is 33.4 Å². The average molecular weight is 418 g/mol. The second-order valence-corrected chi connectivity index (χ2v) is 8.36. The largest absolute Gasteiger partial charge is 0.363 e. The third-order valence-electron chi connectivity index (χ3n) is 4.86. The van der Waals surface area contributed by atoms with E-state index in [1.54, 1.807) is 10.7 Å². The van der Waals surface area contributed by atoms with Crippen molar-refractivity contribution in [2.75, 3.05) is 0 Å². The number of amides is 2. The number of benzene rings is 2. The molecule has 2 amide bonds. The van der Waals surface area contributed by atoms with E-state index in [9.17, 15) is 14.4 Å². The van der Waals surface area contributed by atoms with Gasteiger partial charge in [-0.3, -0.25) is 14.4 Å². The summed E-state index contributed by atoms with van der Waals surface area (Å²) in [6, 6.07) is 19.0. The van der Waals surface area contributed by atoms with Gasteiger partial charge in [-0.1, -0.05) is 69.3 Å². The highest BCUT2D eigenvalue weighted by Gasteiger charge is 2.29. The van der Waals surface area contributed by atoms with Crippen LogP contribution < -0.4 is 11.1 Å². The molecular formula is C24H26N4O3. The van der Waals surface area contributed by atoms with Crippen LogP contribution in [-0.2, 0) is 21.4 Å². The number of Topliss-reactive ketones (excluding diaryl/α,β-unsaturated/α-hetero) is 1. The van der Waals surface area contributed by atoms with Gasteiger partial charge in [0.2, 0.25) is 5.78 Å². The molecule has 0 fully saturated rings. The van der Waals surface area contributed by atoms with E-state index in [-0.39, 0.29) is 17.5 Å². The number of ketones is 1. The average Bonchev–Trinajstić information content (AvgIpc) is 3.20. The zero-order valence-corrected chi connectivity index (χ0v) is 17.8. The van der Waals surface area contributed by atoms with Gasteiger partial charge in [0.25, 0.3) is 11.8 Å². The Morgan fingerprint density at radius 1 is 1.00 bits per heavy atom. The number of hydrogen-bond acceptors (Lipinski definition) is 4. The number of nitrogens with zero attached hydrogens (tertiary/aromatic N) is 2. The maximum Gasteiger partial charge on any atom is 0.287 e. The van der Waals surface area contributed by atoms with Gasteiger partial charge in [0.1, 0.15) is 11.7 Å². The van der Waals surface area contributed by atoms with Gasteiger partial charge < -0.3 is 11.1 Å². The Morgan fingerprint density at radius 3 is 2.13 bits per heavy atom. The molecule has 31 heavy (non-hydrogen) atoms. The van der Waals surface area contributed by atoms with Crippen molar-refractivity contribution in [1.29, 1.82) is 0 Å². The van der Waals surface area contributed by atoms with Crippen molar-refractivity contribution in [3.05, 3.63) is 83.7 Å². The lowest BCUT2D eigenvalue weighted by atomic mass is 9.92. The van der Waals surface area contributed by atoms with E-state index in [0.29, 0.717) is 5.69 Å². The number of carbonyl (C=O) groups is 3. The minimum Gasteiger partial charge on any atom is -0.363 e. The van der Waals surface area contributed by atoms with Crippen LogP contribution in [0.3, 0.4) is 0 Å². The standard InChI is InChI=1S/C24H26N4O3/c1-24(2,3)20-15-19(28(27-20)17-12-8-5-9-13-17)23(31)26-18(21(29)22(25)30)14-16-10-6-4-7-11-16/h4-13,15,18H,14H2,1-3H3,(H2,25,30)(H,26,31). The monoisotopic (exact) mass is 418 g/mol. The lowest BCUT2D eigenvalue weighted by molar-refractivity contribution is -0.137. The van der Waals surface area contributed by atoms with Crippen LogP contribution in [0.4, 0.5) is 0 Å². The fourth-order valence-corrected chi connectivity index (χ4v) is 3.14. The van der Waals surface area contributed by atoms with E-state index in [4.69, 9.17) is 5.73 Å². The van der Waals surface area contributed by atoms with Crippen molar-refractivity contribution in [2.24, 2.45) is 5.73 Å². The van der Waals surface area contributed by atoms with E-state index in [1.807, 2.05) is 81.4 Å². The zero-order valence-electron chi connectivity index (χ0n) is 17.8. The van der Waals surface area contributed by atoms with Crippen LogP contribution in [0, 0.1) is 0 Å². The Bertz CT molecular complexity index is 1080. The van der Waals surface area contributed by atoms with Gasteiger partial charge in [-0.15, -0.1) is 0 Å². The number of nitrogens with two attached hydrogens (primary N) is 1. The lowest BCUT2D eigenvalue weighted by Crippen LogP contribution is -2.47. The minimum atomic E-state index is -1.09. The highest BCUT2D eigenvalue weighted by molar-refractivity contribution is 6.38. The number of primary amides is 1. The van der Waals surface area contributed by atoms with Gasteiger partial charge in [-0.25, -0.2) is 4.68 Å². The number of carbonyl (C=O) groups excluding carboxylic acids is 3. The maximum absolute atomic E-state index is 13.2. The molecule has 7 heteroatoms. The van der Waals surface area contributed by atoms with Gasteiger partial charge in [0, 0.05) is 11.8 Å². The van der Waals surface area contributed by atoms with Crippen LogP contribution in [0.15, 0.2) is 66.7 Å². The minimum absolute atomic E-state index is 0.153. The van der Waals surface area contributed by atoms with E-state index in [1.165, 1.54) is 0 Å². The molecule has 160 valence electrons. The number of nitrogens with one attached hydrogen (secondary N) is 1. The predicted molar refractivity (Wildman–Crippen MR) is 118 cm³/mol. The van der Waals surface area contributed by atoms with Gasteiger partial charge in [0.15, 0.2) is 0 Å². The van der Waals surface area contributed by atoms with Crippen molar-refractivity contribution in [3.8, 4) is 5.69 Å². The Morgan fingerprint density at radius 2 is 1.58 bits per heavy atom. The SMILES string of the molecule is CC(C)(C)c1cc(C(=O)NC(Cc2ccccc2)C(=O)C(N)=O)n(-c2ccccc2)n1. The summed E-state index contributed by atoms with van der Waals surface area (Å²) in [4.78, 5) is 37.2. The molecule has 0 saturated carbocycles. The number of aromatic nitrogens is 2. The first kappa shape index (κ1) is 22.0. The molecule has 0 radical (unpaired) electrons. The molecule has 0 aliphatic carbocycles. The summed E-state index contributed by atoms with van der Waals surface area (Å²) in [5, 5.41) is 7.31. The normalized spacial score (nSPS) is 12.2. The Balaban J connectivity index is 1.97. The summed E-state index contributed by atoms with van der Waals surface area (Å²) < 4.78 is 1.55. The number of hydrogen-bond donors (Lipinski definition) is 2. The fourth-order valence-electron chi connectivity index (χ4n) is 3.14. The van der Waals surface area contributed by atoms with Crippen LogP contribution in [0.25, 0.3) is 5.69 Å². The smallest absolute Gasteiger partial charge is 0.287 e. The molecule has 0 aliphatic heterocycles. The maximum atomic E-state index is 13.2. The quantitative estimate of drug-likeness (QED) is 0.575. The third kappa shape index (κ3) is 5.25. The molecule has 0 spiro atoms. The molecule has 1 unspecified atom stereocenters. The first-order valence-corrected chi connectivity index (χ1v) is 10.0. The summed E-state index contributed by atoms with van der Waals surface area (Å²) >= 11 is 0. The molecule has 1 heterocycles. The predicted octanol–water partition coefficient (Wildman–Crippen LogP) is 2.57. The molecule has 3 N–H and O–H groups in total. The van der Waals surface area contributed by atoms with Crippen LogP contribution in [0.1, 0.15) is 42.5 Å². The summed E-state index contributed by atoms with van der Waals surface area (Å²) in [6.45, 7) is 6.00. The summed E-state index contributed by atoms with van der Waals surface area (Å²) in [5.74, 6) is -2.45. The van der Waals surface area contributed by atoms with Crippen LogP contribution in [0.5, 0.6) is 0 Å². The Labute approximate surface area is 181 Å². The lowest BCUT2D eigenvalue weighted by Gasteiger charge is -2.17. The zero-order chi connectivity index (χ0) is 22.6. The first-order chi connectivity index (χ1) is 14.7. The van der Waals surface area contributed by atoms with Gasteiger partial charge >= 0.3 is 0 Å². The number of rotatable bonds is 7. The molecular weight excluding hydrogens is 392 g/mol. The molecule has 0 bridgehead atoms. The fraction of sp³-hybridized carbons (Fsp3) is 0.250. The van der Waals surface area contributed by atoms with Crippen molar-refractivity contribution in [1.82, 2.24) is 15.1 Å². The third-order valence-corrected chi connectivity index (χ3v) is 4.86.